The first-order chi connectivity index (χ1) is 14.2. The number of aliphatic carboxylic acids is 1. The van der Waals surface area contributed by atoms with Crippen LogP contribution in [0.3, 0.4) is 0 Å². The van der Waals surface area contributed by atoms with E-state index < -0.39 is 17.7 Å². The SMILES string of the molecule is O=C(O)C1CCCN(CCO/N=C/c2ccc(-c3ccc(C(F)(F)F)cc3Cl)o2)C1. The Morgan fingerprint density at radius 2 is 2.17 bits per heavy atom. The molecule has 0 radical (unpaired) electrons. The van der Waals surface area contributed by atoms with Crippen LogP contribution in [-0.4, -0.2) is 48.4 Å². The lowest BCUT2D eigenvalue weighted by molar-refractivity contribution is -0.143. The summed E-state index contributed by atoms with van der Waals surface area (Å²) in [7, 11) is 0. The van der Waals surface area contributed by atoms with Crippen molar-refractivity contribution in [3.63, 3.8) is 0 Å². The van der Waals surface area contributed by atoms with Crippen molar-refractivity contribution >= 4 is 23.8 Å². The monoisotopic (exact) mass is 444 g/mol. The minimum absolute atomic E-state index is 0.0693. The topological polar surface area (TPSA) is 75.3 Å². The van der Waals surface area contributed by atoms with Gasteiger partial charge in [-0.3, -0.25) is 9.69 Å². The largest absolute Gasteiger partial charge is 0.481 e. The Labute approximate surface area is 175 Å². The molecule has 1 unspecified atom stereocenters. The summed E-state index contributed by atoms with van der Waals surface area (Å²) in [4.78, 5) is 18.3. The number of rotatable bonds is 7. The molecule has 10 heteroatoms. The first kappa shape index (κ1) is 22.2. The quantitative estimate of drug-likeness (QED) is 0.378. The number of likely N-dealkylation sites (tertiary alicyclic amines) is 1. The predicted molar refractivity (Wildman–Crippen MR) is 105 cm³/mol. The summed E-state index contributed by atoms with van der Waals surface area (Å²) in [5, 5.41) is 12.8. The lowest BCUT2D eigenvalue weighted by Crippen LogP contribution is -2.40. The van der Waals surface area contributed by atoms with E-state index in [9.17, 15) is 18.0 Å². The van der Waals surface area contributed by atoms with Crippen LogP contribution in [0.4, 0.5) is 13.2 Å². The zero-order valence-corrected chi connectivity index (χ0v) is 16.6. The average molecular weight is 445 g/mol. The molecule has 0 aliphatic carbocycles. The molecule has 6 nitrogen and oxygen atoms in total. The molecule has 0 amide bonds. The fourth-order valence-electron chi connectivity index (χ4n) is 3.23. The number of piperidine rings is 1. The highest BCUT2D eigenvalue weighted by atomic mass is 35.5. The van der Waals surface area contributed by atoms with Gasteiger partial charge in [-0.25, -0.2) is 0 Å². The van der Waals surface area contributed by atoms with Gasteiger partial charge in [0, 0.05) is 18.7 Å². The van der Waals surface area contributed by atoms with E-state index in [0.717, 1.165) is 25.1 Å². The Bertz CT molecular complexity index is 914. The van der Waals surface area contributed by atoms with Gasteiger partial charge in [-0.1, -0.05) is 16.8 Å². The van der Waals surface area contributed by atoms with Crippen LogP contribution in [-0.2, 0) is 15.8 Å². The van der Waals surface area contributed by atoms with E-state index in [-0.39, 0.29) is 10.9 Å². The molecule has 1 fully saturated rings. The number of furan rings is 1. The minimum Gasteiger partial charge on any atom is -0.481 e. The lowest BCUT2D eigenvalue weighted by atomic mass is 9.98. The zero-order chi connectivity index (χ0) is 21.7. The van der Waals surface area contributed by atoms with Crippen LogP contribution in [0, 0.1) is 5.92 Å². The predicted octanol–water partition coefficient (Wildman–Crippen LogP) is 4.77. The molecular formula is C20H20ClF3N2O4. The van der Waals surface area contributed by atoms with Crippen LogP contribution in [0.25, 0.3) is 11.3 Å². The van der Waals surface area contributed by atoms with Gasteiger partial charge < -0.3 is 14.4 Å². The van der Waals surface area contributed by atoms with E-state index in [1.54, 1.807) is 12.1 Å². The highest BCUT2D eigenvalue weighted by molar-refractivity contribution is 6.33. The number of halogens is 4. The van der Waals surface area contributed by atoms with Crippen LogP contribution in [0.1, 0.15) is 24.2 Å². The van der Waals surface area contributed by atoms with Gasteiger partial charge in [-0.2, -0.15) is 13.2 Å². The van der Waals surface area contributed by atoms with Gasteiger partial charge in [0.1, 0.15) is 24.3 Å². The summed E-state index contributed by atoms with van der Waals surface area (Å²) in [6, 6.07) is 6.22. The molecule has 3 rings (SSSR count). The molecule has 0 spiro atoms. The number of carbonyl (C=O) groups is 1. The number of hydrogen-bond acceptors (Lipinski definition) is 5. The number of hydrogen-bond donors (Lipinski definition) is 1. The molecule has 162 valence electrons. The molecule has 0 saturated carbocycles. The molecular weight excluding hydrogens is 425 g/mol. The van der Waals surface area contributed by atoms with Gasteiger partial charge in [-0.05, 0) is 49.7 Å². The second kappa shape index (κ2) is 9.53. The number of oxime groups is 1. The van der Waals surface area contributed by atoms with E-state index in [1.165, 1.54) is 12.3 Å². The lowest BCUT2D eigenvalue weighted by Gasteiger charge is -2.29. The summed E-state index contributed by atoms with van der Waals surface area (Å²) in [6.07, 6.45) is -1.60. The van der Waals surface area contributed by atoms with Gasteiger partial charge >= 0.3 is 12.1 Å². The second-order valence-electron chi connectivity index (χ2n) is 6.94. The van der Waals surface area contributed by atoms with Crippen molar-refractivity contribution in [2.45, 2.75) is 19.0 Å². The first-order valence-corrected chi connectivity index (χ1v) is 9.69. The molecule has 1 aliphatic heterocycles. The zero-order valence-electron chi connectivity index (χ0n) is 15.9. The summed E-state index contributed by atoms with van der Waals surface area (Å²) < 4.78 is 43.8. The van der Waals surface area contributed by atoms with Crippen LogP contribution >= 0.6 is 11.6 Å². The van der Waals surface area contributed by atoms with Crippen molar-refractivity contribution in [2.75, 3.05) is 26.2 Å². The van der Waals surface area contributed by atoms with E-state index in [2.05, 4.69) is 5.16 Å². The third-order valence-corrected chi connectivity index (χ3v) is 5.11. The maximum atomic E-state index is 12.7. The summed E-state index contributed by atoms with van der Waals surface area (Å²) in [5.41, 5.74) is -0.496. The summed E-state index contributed by atoms with van der Waals surface area (Å²) in [5.74, 6) is -0.464. The number of benzene rings is 1. The van der Waals surface area contributed by atoms with Gasteiger partial charge in [0.15, 0.2) is 0 Å². The molecule has 1 saturated heterocycles. The standard InChI is InChI=1S/C20H20ClF3N2O4/c21-17-10-14(20(22,23)24)3-5-16(17)18-6-4-15(30-18)11-25-29-9-8-26-7-1-2-13(12-26)19(27)28/h3-6,10-11,13H,1-2,7-9,12H2,(H,27,28)/b25-11+. The Morgan fingerprint density at radius 3 is 2.87 bits per heavy atom. The Kier molecular flexibility index (Phi) is 7.04. The summed E-state index contributed by atoms with van der Waals surface area (Å²) >= 11 is 5.97. The van der Waals surface area contributed by atoms with Crippen molar-refractivity contribution in [3.8, 4) is 11.3 Å². The van der Waals surface area contributed by atoms with Crippen molar-refractivity contribution < 1.29 is 32.3 Å². The Hall–Kier alpha value is -2.52. The smallest absolute Gasteiger partial charge is 0.416 e. The van der Waals surface area contributed by atoms with Gasteiger partial charge in [0.2, 0.25) is 0 Å². The Morgan fingerprint density at radius 1 is 1.37 bits per heavy atom. The molecule has 30 heavy (non-hydrogen) atoms. The third-order valence-electron chi connectivity index (χ3n) is 4.80. The average Bonchev–Trinajstić information content (AvgIpc) is 3.15. The van der Waals surface area contributed by atoms with Crippen LogP contribution in [0.5, 0.6) is 0 Å². The van der Waals surface area contributed by atoms with E-state index in [1.807, 2.05) is 4.90 Å². The Balaban J connectivity index is 1.51. The molecule has 1 atom stereocenters. The molecule has 1 aliphatic rings. The molecule has 1 aromatic carbocycles. The molecule has 1 N–H and O–H groups in total. The maximum absolute atomic E-state index is 12.7. The number of carboxylic acids is 1. The number of nitrogens with zero attached hydrogens (tertiary/aromatic N) is 2. The third kappa shape index (κ3) is 5.76. The molecule has 2 heterocycles. The van der Waals surface area contributed by atoms with Gasteiger partial charge in [-0.15, -0.1) is 0 Å². The summed E-state index contributed by atoms with van der Waals surface area (Å²) in [6.45, 7) is 2.18. The normalized spacial score (nSPS) is 18.1. The van der Waals surface area contributed by atoms with E-state index >= 15 is 0 Å². The minimum atomic E-state index is -4.47. The van der Waals surface area contributed by atoms with Crippen molar-refractivity contribution in [3.05, 3.63) is 46.7 Å². The van der Waals surface area contributed by atoms with Crippen molar-refractivity contribution in [1.29, 1.82) is 0 Å². The fraction of sp³-hybridized carbons (Fsp3) is 0.400. The van der Waals surface area contributed by atoms with E-state index in [4.69, 9.17) is 26.0 Å². The van der Waals surface area contributed by atoms with E-state index in [0.29, 0.717) is 43.2 Å². The molecule has 1 aromatic heterocycles. The number of alkyl halides is 3. The highest BCUT2D eigenvalue weighted by Crippen LogP contribution is 2.36. The second-order valence-corrected chi connectivity index (χ2v) is 7.35. The highest BCUT2D eigenvalue weighted by Gasteiger charge is 2.31. The fourth-order valence-corrected chi connectivity index (χ4v) is 3.50. The van der Waals surface area contributed by atoms with Crippen LogP contribution in [0.15, 0.2) is 39.9 Å². The van der Waals surface area contributed by atoms with Crippen molar-refractivity contribution in [1.82, 2.24) is 4.90 Å². The number of carboxylic acid groups (broad SMARTS) is 1. The van der Waals surface area contributed by atoms with Gasteiger partial charge in [0.25, 0.3) is 0 Å². The molecule has 0 bridgehead atoms. The van der Waals surface area contributed by atoms with Crippen LogP contribution in [0.2, 0.25) is 5.02 Å². The maximum Gasteiger partial charge on any atom is 0.416 e. The molecule has 2 aromatic rings. The first-order valence-electron chi connectivity index (χ1n) is 9.31. The van der Waals surface area contributed by atoms with Gasteiger partial charge in [0.05, 0.1) is 16.5 Å². The van der Waals surface area contributed by atoms with Crippen molar-refractivity contribution in [2.24, 2.45) is 11.1 Å². The van der Waals surface area contributed by atoms with Crippen LogP contribution < -0.4 is 0 Å².